The Bertz CT molecular complexity index is 1360. The molecule has 0 aliphatic carbocycles. The van der Waals surface area contributed by atoms with Crippen LogP contribution in [0, 0.1) is 0 Å². The second-order valence-corrected chi connectivity index (χ2v) is 11.7. The largest absolute Gasteiger partial charge is 0.744 e. The van der Waals surface area contributed by atoms with Crippen LogP contribution in [0.5, 0.6) is 0 Å². The average Bonchev–Trinajstić information content (AvgIpc) is 2.96. The van der Waals surface area contributed by atoms with Crippen LogP contribution < -0.4 is 9.13 Å². The molecule has 40 heavy (non-hydrogen) atoms. The number of rotatable bonds is 9. The molecule has 0 aliphatic heterocycles. The number of aryl methyl sites for hydroxylation is 2. The van der Waals surface area contributed by atoms with Crippen LogP contribution in [0.1, 0.15) is 39.5 Å². The molecule has 0 unspecified atom stereocenters. The van der Waals surface area contributed by atoms with Gasteiger partial charge in [-0.25, -0.2) is 26.0 Å². The number of nitrogens with zero attached hydrogens (tertiary/aromatic N) is 2. The highest BCUT2D eigenvalue weighted by molar-refractivity contribution is 7.86. The molecule has 0 aliphatic rings. The first-order valence-electron chi connectivity index (χ1n) is 13.0. The second-order valence-electron chi connectivity index (χ2n) is 8.89. The predicted molar refractivity (Wildman–Crippen MR) is 151 cm³/mol. The Labute approximate surface area is 238 Å². The highest BCUT2D eigenvalue weighted by Gasteiger charge is 2.05. The normalized spacial score (nSPS) is 11.0. The lowest BCUT2D eigenvalue weighted by Crippen LogP contribution is -2.31. The van der Waals surface area contributed by atoms with Crippen molar-refractivity contribution in [3.8, 4) is 11.1 Å². The van der Waals surface area contributed by atoms with Gasteiger partial charge in [0.05, 0.1) is 9.79 Å². The predicted octanol–water partition coefficient (Wildman–Crippen LogP) is 4.71. The summed E-state index contributed by atoms with van der Waals surface area (Å²) < 4.78 is 69.1. The maximum atomic E-state index is 10.8. The summed E-state index contributed by atoms with van der Waals surface area (Å²) in [7, 11) is -9.00. The molecule has 0 saturated carbocycles. The smallest absolute Gasteiger partial charge is 0.168 e. The van der Waals surface area contributed by atoms with Crippen molar-refractivity contribution in [3.05, 3.63) is 110 Å². The van der Waals surface area contributed by atoms with Gasteiger partial charge in [0.15, 0.2) is 24.8 Å². The Kier molecular flexibility index (Phi) is 13.6. The van der Waals surface area contributed by atoms with Gasteiger partial charge in [-0.05, 0) is 35.4 Å². The molecule has 2 heterocycles. The van der Waals surface area contributed by atoms with Gasteiger partial charge in [-0.1, -0.05) is 63.1 Å². The van der Waals surface area contributed by atoms with Gasteiger partial charge < -0.3 is 9.11 Å². The van der Waals surface area contributed by atoms with Crippen molar-refractivity contribution in [2.24, 2.45) is 0 Å². The minimum atomic E-state index is -4.50. The molecular weight excluding hydrogens is 548 g/mol. The zero-order valence-corrected chi connectivity index (χ0v) is 24.4. The fourth-order valence-corrected chi connectivity index (χ4v) is 4.42. The van der Waals surface area contributed by atoms with Crippen LogP contribution in [0.4, 0.5) is 0 Å². The van der Waals surface area contributed by atoms with Gasteiger partial charge in [0.25, 0.3) is 0 Å². The monoisotopic (exact) mass is 584 g/mol. The third-order valence-corrected chi connectivity index (χ3v) is 7.41. The Morgan fingerprint density at radius 3 is 1.07 bits per heavy atom. The molecule has 0 fully saturated rings. The Morgan fingerprint density at radius 2 is 0.825 bits per heavy atom. The average molecular weight is 585 g/mol. The number of pyridine rings is 2. The molecule has 4 aromatic rings. The lowest BCUT2D eigenvalue weighted by Gasteiger charge is -2.09. The van der Waals surface area contributed by atoms with Gasteiger partial charge in [-0.2, -0.15) is 0 Å². The summed E-state index contributed by atoms with van der Waals surface area (Å²) in [6.07, 6.45) is 13.5. The summed E-state index contributed by atoms with van der Waals surface area (Å²) in [5.74, 6) is 0. The standard InChI is InChI=1S/C12H10O6S2.2C9H14N/c13-19(14,15)11-5-1-9(2-6-11)10-3-7-12(8-4-10)20(16,17)18;2*1-2-3-7-10-8-5-4-6-9-10/h1-8H,(H,13,14,15)(H,16,17,18);2*4-6,8-9H,2-3,7H2,1H3/q;2*+1/p-2. The third kappa shape index (κ3) is 12.2. The quantitative estimate of drug-likeness (QED) is 0.207. The van der Waals surface area contributed by atoms with Gasteiger partial charge in [-0.15, -0.1) is 0 Å². The number of aromatic nitrogens is 2. The SMILES string of the molecule is CCCC[n+]1ccccc1.CCCC[n+]1ccccc1.O=S(=O)([O-])c1ccc(-c2ccc(S(=O)(=O)[O-])cc2)cc1. The third-order valence-electron chi connectivity index (χ3n) is 5.71. The molecule has 0 amide bonds. The molecule has 0 atom stereocenters. The lowest BCUT2D eigenvalue weighted by atomic mass is 10.1. The van der Waals surface area contributed by atoms with Crippen molar-refractivity contribution in [2.75, 3.05) is 0 Å². The van der Waals surface area contributed by atoms with E-state index >= 15 is 0 Å². The minimum absolute atomic E-state index is 0.347. The number of unbranched alkanes of at least 4 members (excludes halogenated alkanes) is 2. The fourth-order valence-electron chi connectivity index (χ4n) is 3.48. The van der Waals surface area contributed by atoms with Crippen LogP contribution in [0.15, 0.2) is 120 Å². The van der Waals surface area contributed by atoms with Gasteiger partial charge in [-0.3, -0.25) is 0 Å². The molecule has 214 valence electrons. The van der Waals surface area contributed by atoms with Crippen molar-refractivity contribution < 1.29 is 35.1 Å². The van der Waals surface area contributed by atoms with E-state index in [0.29, 0.717) is 11.1 Å². The first-order chi connectivity index (χ1) is 19.0. The van der Waals surface area contributed by atoms with Crippen molar-refractivity contribution in [1.29, 1.82) is 0 Å². The fraction of sp³-hybridized carbons (Fsp3) is 0.267. The maximum absolute atomic E-state index is 10.8. The molecule has 2 aromatic carbocycles. The topological polar surface area (TPSA) is 122 Å². The second kappa shape index (κ2) is 16.6. The van der Waals surface area contributed by atoms with E-state index in [-0.39, 0.29) is 9.79 Å². The van der Waals surface area contributed by atoms with Crippen LogP contribution in [0.3, 0.4) is 0 Å². The highest BCUT2D eigenvalue weighted by atomic mass is 32.2. The van der Waals surface area contributed by atoms with Crippen molar-refractivity contribution in [2.45, 2.75) is 62.4 Å². The van der Waals surface area contributed by atoms with E-state index in [1.807, 2.05) is 12.1 Å². The number of hydrogen-bond donors (Lipinski definition) is 0. The summed E-state index contributed by atoms with van der Waals surface area (Å²) in [5.41, 5.74) is 1.18. The van der Waals surface area contributed by atoms with E-state index < -0.39 is 20.2 Å². The molecule has 0 radical (unpaired) electrons. The maximum Gasteiger partial charge on any atom is 0.168 e. The van der Waals surface area contributed by atoms with Gasteiger partial charge in [0, 0.05) is 37.1 Å². The number of hydrogen-bond acceptors (Lipinski definition) is 6. The van der Waals surface area contributed by atoms with Crippen LogP contribution in [-0.2, 0) is 33.3 Å². The van der Waals surface area contributed by atoms with Crippen molar-refractivity contribution in [3.63, 3.8) is 0 Å². The van der Waals surface area contributed by atoms with Crippen LogP contribution >= 0.6 is 0 Å². The van der Waals surface area contributed by atoms with E-state index in [1.54, 1.807) is 0 Å². The zero-order chi connectivity index (χ0) is 29.4. The van der Waals surface area contributed by atoms with E-state index in [9.17, 15) is 25.9 Å². The lowest BCUT2D eigenvalue weighted by molar-refractivity contribution is -0.697. The zero-order valence-electron chi connectivity index (χ0n) is 22.8. The molecule has 10 heteroatoms. The molecule has 0 saturated heterocycles. The van der Waals surface area contributed by atoms with Crippen LogP contribution in [0.2, 0.25) is 0 Å². The molecule has 0 N–H and O–H groups in total. The summed E-state index contributed by atoms with van der Waals surface area (Å²) in [6, 6.07) is 22.7. The minimum Gasteiger partial charge on any atom is -0.744 e. The van der Waals surface area contributed by atoms with E-state index in [2.05, 4.69) is 72.0 Å². The summed E-state index contributed by atoms with van der Waals surface area (Å²) in [6.45, 7) is 6.72. The van der Waals surface area contributed by atoms with Crippen LogP contribution in [0.25, 0.3) is 11.1 Å². The van der Waals surface area contributed by atoms with Crippen molar-refractivity contribution >= 4 is 20.2 Å². The highest BCUT2D eigenvalue weighted by Crippen LogP contribution is 2.22. The van der Waals surface area contributed by atoms with Gasteiger partial charge >= 0.3 is 0 Å². The van der Waals surface area contributed by atoms with Gasteiger partial charge in [0.1, 0.15) is 33.3 Å². The Hall–Kier alpha value is -3.44. The van der Waals surface area contributed by atoms with Crippen molar-refractivity contribution in [1.82, 2.24) is 0 Å². The summed E-state index contributed by atoms with van der Waals surface area (Å²) in [5, 5.41) is 0. The number of benzene rings is 2. The molecule has 4 rings (SSSR count). The van der Waals surface area contributed by atoms with E-state index in [1.165, 1.54) is 49.9 Å². The van der Waals surface area contributed by atoms with Crippen LogP contribution in [-0.4, -0.2) is 25.9 Å². The molecule has 0 spiro atoms. The van der Waals surface area contributed by atoms with E-state index in [0.717, 1.165) is 37.4 Å². The Balaban J connectivity index is 0.000000235. The molecular formula is C30H36N2O6S2. The summed E-state index contributed by atoms with van der Waals surface area (Å²) in [4.78, 5) is -0.694. The van der Waals surface area contributed by atoms with E-state index in [4.69, 9.17) is 0 Å². The first-order valence-corrected chi connectivity index (χ1v) is 15.9. The molecule has 8 nitrogen and oxygen atoms in total. The van der Waals surface area contributed by atoms with Gasteiger partial charge in [0.2, 0.25) is 0 Å². The molecule has 2 aromatic heterocycles. The molecule has 0 bridgehead atoms. The first kappa shape index (κ1) is 32.8. The summed E-state index contributed by atoms with van der Waals surface area (Å²) >= 11 is 0. The Morgan fingerprint density at radius 1 is 0.525 bits per heavy atom.